The number of benzene rings is 1. The van der Waals surface area contributed by atoms with E-state index in [1.165, 1.54) is 0 Å². The van der Waals surface area contributed by atoms with Crippen LogP contribution in [0.3, 0.4) is 0 Å². The summed E-state index contributed by atoms with van der Waals surface area (Å²) in [6, 6.07) is 11.5. The van der Waals surface area contributed by atoms with E-state index in [2.05, 4.69) is 13.5 Å². The Hall–Kier alpha value is -1.83. The second kappa shape index (κ2) is 4.35. The number of pyridine rings is 1. The molecule has 0 spiro atoms. The van der Waals surface area contributed by atoms with Crippen LogP contribution < -0.4 is 5.56 Å². The maximum Gasteiger partial charge on any atom is 0.251 e. The lowest BCUT2D eigenvalue weighted by Crippen LogP contribution is -2.22. The summed E-state index contributed by atoms with van der Waals surface area (Å²) in [5.74, 6) is 0. The van der Waals surface area contributed by atoms with Crippen LogP contribution in [-0.2, 0) is 0 Å². The minimum Gasteiger partial charge on any atom is -0.301 e. The highest BCUT2D eigenvalue weighted by Crippen LogP contribution is 2.18. The molecule has 1 aromatic heterocycles. The molecule has 0 unspecified atom stereocenters. The fourth-order valence-electron chi connectivity index (χ4n) is 2.00. The second-order valence-electron chi connectivity index (χ2n) is 3.81. The van der Waals surface area contributed by atoms with E-state index in [-0.39, 0.29) is 11.6 Å². The number of para-hydroxylation sites is 1. The van der Waals surface area contributed by atoms with Crippen molar-refractivity contribution in [3.8, 4) is 0 Å². The molecule has 0 saturated heterocycles. The summed E-state index contributed by atoms with van der Waals surface area (Å²) in [7, 11) is 0. The van der Waals surface area contributed by atoms with Crippen molar-refractivity contribution in [2.75, 3.05) is 0 Å². The van der Waals surface area contributed by atoms with E-state index in [0.717, 1.165) is 17.3 Å². The van der Waals surface area contributed by atoms with Gasteiger partial charge in [0, 0.05) is 6.07 Å². The summed E-state index contributed by atoms with van der Waals surface area (Å²) in [6.45, 7) is 5.85. The molecule has 0 aliphatic rings. The van der Waals surface area contributed by atoms with Crippen LogP contribution in [0, 0.1) is 0 Å². The quantitative estimate of drug-likeness (QED) is 0.718. The Bertz CT molecular complexity index is 568. The summed E-state index contributed by atoms with van der Waals surface area (Å²) in [4.78, 5) is 11.9. The number of allylic oxidation sites excluding steroid dienone is 1. The molecule has 2 nitrogen and oxygen atoms in total. The minimum absolute atomic E-state index is 0.0328. The molecule has 2 heteroatoms. The van der Waals surface area contributed by atoms with Crippen LogP contribution in [0.4, 0.5) is 0 Å². The standard InChI is InChI=1S/C14H15NO/c1-3-12(4-2)15-13-8-6-5-7-11(13)9-10-14(15)16/h3,5-10,12H,1,4H2,2H3/t12-/m0/s1. The molecule has 2 aromatic rings. The third-order valence-corrected chi connectivity index (χ3v) is 2.86. The van der Waals surface area contributed by atoms with Crippen LogP contribution in [0.1, 0.15) is 19.4 Å². The zero-order valence-corrected chi connectivity index (χ0v) is 9.39. The first-order chi connectivity index (χ1) is 7.77. The van der Waals surface area contributed by atoms with Crippen molar-refractivity contribution in [3.63, 3.8) is 0 Å². The molecular formula is C14H15NO. The molecule has 0 saturated carbocycles. The van der Waals surface area contributed by atoms with Crippen molar-refractivity contribution < 1.29 is 0 Å². The summed E-state index contributed by atoms with van der Waals surface area (Å²) in [6.07, 6.45) is 2.70. The third-order valence-electron chi connectivity index (χ3n) is 2.86. The molecule has 82 valence electrons. The monoisotopic (exact) mass is 213 g/mol. The summed E-state index contributed by atoms with van der Waals surface area (Å²) in [5, 5.41) is 1.09. The predicted molar refractivity (Wildman–Crippen MR) is 67.7 cm³/mol. The smallest absolute Gasteiger partial charge is 0.251 e. The lowest BCUT2D eigenvalue weighted by molar-refractivity contribution is 0.587. The summed E-state index contributed by atoms with van der Waals surface area (Å²) in [5.41, 5.74) is 1.01. The van der Waals surface area contributed by atoms with E-state index >= 15 is 0 Å². The molecule has 1 atom stereocenters. The summed E-state index contributed by atoms with van der Waals surface area (Å²) < 4.78 is 1.81. The van der Waals surface area contributed by atoms with Crippen LogP contribution >= 0.6 is 0 Å². The summed E-state index contributed by atoms with van der Waals surface area (Å²) >= 11 is 0. The lowest BCUT2D eigenvalue weighted by atomic mass is 10.1. The Kier molecular flexibility index (Phi) is 2.91. The number of rotatable bonds is 3. The van der Waals surface area contributed by atoms with Gasteiger partial charge in [-0.15, -0.1) is 6.58 Å². The van der Waals surface area contributed by atoms with E-state index in [9.17, 15) is 4.79 Å². The molecule has 1 aromatic carbocycles. The highest BCUT2D eigenvalue weighted by atomic mass is 16.1. The normalized spacial score (nSPS) is 12.6. The maximum atomic E-state index is 11.9. The van der Waals surface area contributed by atoms with Crippen molar-refractivity contribution in [1.82, 2.24) is 4.57 Å². The highest BCUT2D eigenvalue weighted by Gasteiger charge is 2.09. The Morgan fingerprint density at radius 1 is 1.31 bits per heavy atom. The number of hydrogen-bond donors (Lipinski definition) is 0. The fraction of sp³-hybridized carbons (Fsp3) is 0.214. The minimum atomic E-state index is 0.0328. The van der Waals surface area contributed by atoms with Gasteiger partial charge in [0.15, 0.2) is 0 Å². The van der Waals surface area contributed by atoms with Gasteiger partial charge in [-0.1, -0.05) is 31.2 Å². The predicted octanol–water partition coefficient (Wildman–Crippen LogP) is 3.14. The Balaban J connectivity index is 2.79. The van der Waals surface area contributed by atoms with Gasteiger partial charge in [0.1, 0.15) is 0 Å². The van der Waals surface area contributed by atoms with Gasteiger partial charge in [-0.2, -0.15) is 0 Å². The van der Waals surface area contributed by atoms with Gasteiger partial charge in [0.2, 0.25) is 0 Å². The van der Waals surface area contributed by atoms with Gasteiger partial charge in [0.25, 0.3) is 5.56 Å². The fourth-order valence-corrected chi connectivity index (χ4v) is 2.00. The average molecular weight is 213 g/mol. The Morgan fingerprint density at radius 2 is 2.06 bits per heavy atom. The molecule has 2 rings (SSSR count). The number of nitrogens with zero attached hydrogens (tertiary/aromatic N) is 1. The molecule has 0 aliphatic carbocycles. The molecule has 0 bridgehead atoms. The van der Waals surface area contributed by atoms with Gasteiger partial charge in [0.05, 0.1) is 11.6 Å². The SMILES string of the molecule is C=C[C@@H](CC)n1c(=O)ccc2ccccc21. The number of hydrogen-bond acceptors (Lipinski definition) is 1. The van der Waals surface area contributed by atoms with Gasteiger partial charge < -0.3 is 4.57 Å². The zero-order valence-electron chi connectivity index (χ0n) is 9.39. The van der Waals surface area contributed by atoms with Crippen LogP contribution in [0.2, 0.25) is 0 Å². The van der Waals surface area contributed by atoms with E-state index in [1.807, 2.05) is 41.0 Å². The maximum absolute atomic E-state index is 11.9. The van der Waals surface area contributed by atoms with Gasteiger partial charge in [-0.3, -0.25) is 4.79 Å². The van der Waals surface area contributed by atoms with Crippen molar-refractivity contribution >= 4 is 10.9 Å². The van der Waals surface area contributed by atoms with E-state index in [0.29, 0.717) is 0 Å². The molecule has 1 heterocycles. The lowest BCUT2D eigenvalue weighted by Gasteiger charge is -2.16. The highest BCUT2D eigenvalue weighted by molar-refractivity contribution is 5.78. The van der Waals surface area contributed by atoms with E-state index in [1.54, 1.807) is 6.07 Å². The third kappa shape index (κ3) is 1.67. The molecular weight excluding hydrogens is 198 g/mol. The van der Waals surface area contributed by atoms with Crippen molar-refractivity contribution in [2.24, 2.45) is 0 Å². The van der Waals surface area contributed by atoms with Gasteiger partial charge >= 0.3 is 0 Å². The zero-order chi connectivity index (χ0) is 11.5. The Labute approximate surface area is 94.8 Å². The van der Waals surface area contributed by atoms with Crippen molar-refractivity contribution in [3.05, 3.63) is 59.4 Å². The molecule has 16 heavy (non-hydrogen) atoms. The van der Waals surface area contributed by atoms with Crippen molar-refractivity contribution in [2.45, 2.75) is 19.4 Å². The first-order valence-corrected chi connectivity index (χ1v) is 5.50. The van der Waals surface area contributed by atoms with Crippen LogP contribution in [0.5, 0.6) is 0 Å². The first kappa shape index (κ1) is 10.7. The Morgan fingerprint density at radius 3 is 2.75 bits per heavy atom. The molecule has 0 N–H and O–H groups in total. The first-order valence-electron chi connectivity index (χ1n) is 5.50. The van der Waals surface area contributed by atoms with Crippen molar-refractivity contribution in [1.29, 1.82) is 0 Å². The van der Waals surface area contributed by atoms with Crippen LogP contribution in [0.25, 0.3) is 10.9 Å². The topological polar surface area (TPSA) is 22.0 Å². The van der Waals surface area contributed by atoms with E-state index < -0.39 is 0 Å². The average Bonchev–Trinajstić information content (AvgIpc) is 2.33. The molecule has 0 radical (unpaired) electrons. The largest absolute Gasteiger partial charge is 0.301 e. The van der Waals surface area contributed by atoms with E-state index in [4.69, 9.17) is 0 Å². The van der Waals surface area contributed by atoms with Crippen LogP contribution in [-0.4, -0.2) is 4.57 Å². The molecule has 0 fully saturated rings. The molecule has 0 aliphatic heterocycles. The van der Waals surface area contributed by atoms with Gasteiger partial charge in [-0.25, -0.2) is 0 Å². The van der Waals surface area contributed by atoms with Gasteiger partial charge in [-0.05, 0) is 23.9 Å². The number of aromatic nitrogens is 1. The molecule has 0 amide bonds. The second-order valence-corrected chi connectivity index (χ2v) is 3.81. The number of fused-ring (bicyclic) bond motifs is 1. The van der Waals surface area contributed by atoms with Crippen LogP contribution in [0.15, 0.2) is 53.8 Å².